The Morgan fingerprint density at radius 3 is 2.32 bits per heavy atom. The molecule has 0 aromatic rings. The number of rotatable bonds is 6. The highest BCUT2D eigenvalue weighted by Crippen LogP contribution is 2.31. The molecule has 2 aliphatic rings. The van der Waals surface area contributed by atoms with Crippen molar-refractivity contribution in [1.82, 2.24) is 4.90 Å². The van der Waals surface area contributed by atoms with E-state index in [4.69, 9.17) is 10.5 Å². The number of nitrogens with zero attached hydrogens (tertiary/aromatic N) is 1. The summed E-state index contributed by atoms with van der Waals surface area (Å²) in [4.78, 5) is 13.7. The second-order valence-corrected chi connectivity index (χ2v) is 6.07. The molecule has 0 bridgehead atoms. The lowest BCUT2D eigenvalue weighted by molar-refractivity contribution is -0.147. The Balaban J connectivity index is 0.00000242. The zero-order valence-corrected chi connectivity index (χ0v) is 13.3. The van der Waals surface area contributed by atoms with Gasteiger partial charge in [0.15, 0.2) is 0 Å². The zero-order chi connectivity index (χ0) is 15.5. The smallest absolute Gasteiger partial charge is 0.381 e. The van der Waals surface area contributed by atoms with Crippen LogP contribution in [0, 0.1) is 11.8 Å². The second kappa shape index (κ2) is 8.36. The van der Waals surface area contributed by atoms with Crippen LogP contribution in [0.3, 0.4) is 0 Å². The third-order valence-corrected chi connectivity index (χ3v) is 4.21. The molecule has 22 heavy (non-hydrogen) atoms. The summed E-state index contributed by atoms with van der Waals surface area (Å²) in [7, 11) is 0. The molecule has 2 fully saturated rings. The molecule has 2 rings (SSSR count). The summed E-state index contributed by atoms with van der Waals surface area (Å²) < 4.78 is 42.4. The van der Waals surface area contributed by atoms with E-state index in [2.05, 4.69) is 0 Å². The van der Waals surface area contributed by atoms with Crippen molar-refractivity contribution in [3.05, 3.63) is 0 Å². The van der Waals surface area contributed by atoms with Gasteiger partial charge in [0.05, 0.1) is 12.5 Å². The minimum atomic E-state index is -4.25. The molecule has 1 aliphatic carbocycles. The van der Waals surface area contributed by atoms with E-state index in [1.165, 1.54) is 4.90 Å². The molecule has 130 valence electrons. The summed E-state index contributed by atoms with van der Waals surface area (Å²) in [6.07, 6.45) is -1.84. The van der Waals surface area contributed by atoms with Crippen LogP contribution in [0.15, 0.2) is 0 Å². The summed E-state index contributed by atoms with van der Waals surface area (Å²) >= 11 is 0. The van der Waals surface area contributed by atoms with Crippen molar-refractivity contribution in [1.29, 1.82) is 0 Å². The standard InChI is InChI=1S/C14H23F3N2O2.ClH/c15-14(16,17)5-6-19(9-10-1-2-10)13(20)12(18)11-3-7-21-8-4-11;/h10-12H,1-9,18H2;1H. The van der Waals surface area contributed by atoms with Crippen molar-refractivity contribution in [2.45, 2.75) is 44.3 Å². The first kappa shape index (κ1) is 19.5. The van der Waals surface area contributed by atoms with Gasteiger partial charge in [-0.3, -0.25) is 4.79 Å². The van der Waals surface area contributed by atoms with Crippen LogP contribution in [0.5, 0.6) is 0 Å². The lowest BCUT2D eigenvalue weighted by Gasteiger charge is -2.32. The highest BCUT2D eigenvalue weighted by Gasteiger charge is 2.35. The Hall–Kier alpha value is -0.530. The molecule has 1 heterocycles. The number of ether oxygens (including phenoxy) is 1. The Morgan fingerprint density at radius 2 is 1.82 bits per heavy atom. The first-order chi connectivity index (χ1) is 9.87. The van der Waals surface area contributed by atoms with Gasteiger partial charge in [-0.2, -0.15) is 13.2 Å². The first-order valence-electron chi connectivity index (χ1n) is 7.55. The van der Waals surface area contributed by atoms with E-state index in [1.54, 1.807) is 0 Å². The molecule has 1 aliphatic heterocycles. The van der Waals surface area contributed by atoms with Crippen molar-refractivity contribution < 1.29 is 22.7 Å². The van der Waals surface area contributed by atoms with Gasteiger partial charge in [0.25, 0.3) is 0 Å². The highest BCUT2D eigenvalue weighted by molar-refractivity contribution is 5.85. The maximum Gasteiger partial charge on any atom is 0.390 e. The molecule has 8 heteroatoms. The number of amides is 1. The Labute approximate surface area is 134 Å². The largest absolute Gasteiger partial charge is 0.390 e. The third kappa shape index (κ3) is 6.30. The topological polar surface area (TPSA) is 55.6 Å². The van der Waals surface area contributed by atoms with E-state index in [0.29, 0.717) is 38.5 Å². The van der Waals surface area contributed by atoms with Gasteiger partial charge in [0, 0.05) is 26.3 Å². The van der Waals surface area contributed by atoms with Crippen molar-refractivity contribution in [2.24, 2.45) is 17.6 Å². The zero-order valence-electron chi connectivity index (χ0n) is 12.5. The fourth-order valence-electron chi connectivity index (χ4n) is 2.65. The SMILES string of the molecule is Cl.NC(C(=O)N(CCC(F)(F)F)CC1CC1)C1CCOCC1. The van der Waals surface area contributed by atoms with E-state index >= 15 is 0 Å². The quantitative estimate of drug-likeness (QED) is 0.804. The van der Waals surface area contributed by atoms with Crippen LogP contribution in [-0.4, -0.2) is 49.3 Å². The molecule has 0 aromatic heterocycles. The number of alkyl halides is 3. The molecule has 1 saturated carbocycles. The average molecular weight is 345 g/mol. The maximum atomic E-state index is 12.4. The molecule has 2 N–H and O–H groups in total. The number of hydrogen-bond donors (Lipinski definition) is 1. The molecule has 0 aromatic carbocycles. The molecule has 4 nitrogen and oxygen atoms in total. The summed E-state index contributed by atoms with van der Waals surface area (Å²) in [6.45, 7) is 1.26. The van der Waals surface area contributed by atoms with Crippen LogP contribution in [0.25, 0.3) is 0 Å². The molecule has 1 unspecified atom stereocenters. The fourth-order valence-corrected chi connectivity index (χ4v) is 2.65. The number of hydrogen-bond acceptors (Lipinski definition) is 3. The first-order valence-corrected chi connectivity index (χ1v) is 7.55. The number of carbonyl (C=O) groups is 1. The molecule has 1 amide bonds. The lowest BCUT2D eigenvalue weighted by atomic mass is 9.91. The van der Waals surface area contributed by atoms with Crippen molar-refractivity contribution in [3.8, 4) is 0 Å². The maximum absolute atomic E-state index is 12.4. The predicted molar refractivity (Wildman–Crippen MR) is 78.7 cm³/mol. The Bertz CT molecular complexity index is 358. The molecular formula is C14H24ClF3N2O2. The van der Waals surface area contributed by atoms with Gasteiger partial charge in [-0.25, -0.2) is 0 Å². The third-order valence-electron chi connectivity index (χ3n) is 4.21. The number of carbonyl (C=O) groups excluding carboxylic acids is 1. The molecular weight excluding hydrogens is 321 g/mol. The van der Waals surface area contributed by atoms with Crippen molar-refractivity contribution in [2.75, 3.05) is 26.3 Å². The van der Waals surface area contributed by atoms with E-state index in [0.717, 1.165) is 12.8 Å². The summed E-state index contributed by atoms with van der Waals surface area (Å²) in [5.41, 5.74) is 6.00. The second-order valence-electron chi connectivity index (χ2n) is 6.07. The van der Waals surface area contributed by atoms with Gasteiger partial charge in [0.1, 0.15) is 0 Å². The fraction of sp³-hybridized carbons (Fsp3) is 0.929. The van der Waals surface area contributed by atoms with Crippen LogP contribution >= 0.6 is 12.4 Å². The van der Waals surface area contributed by atoms with E-state index in [1.807, 2.05) is 0 Å². The van der Waals surface area contributed by atoms with Gasteiger partial charge in [-0.05, 0) is 37.5 Å². The highest BCUT2D eigenvalue weighted by atomic mass is 35.5. The number of nitrogens with two attached hydrogens (primary N) is 1. The van der Waals surface area contributed by atoms with Crippen LogP contribution in [0.2, 0.25) is 0 Å². The minimum Gasteiger partial charge on any atom is -0.381 e. The van der Waals surface area contributed by atoms with Gasteiger partial charge < -0.3 is 15.4 Å². The summed E-state index contributed by atoms with van der Waals surface area (Å²) in [5, 5.41) is 0. The van der Waals surface area contributed by atoms with Gasteiger partial charge in [-0.15, -0.1) is 12.4 Å². The Morgan fingerprint density at radius 1 is 1.23 bits per heavy atom. The minimum absolute atomic E-state index is 0. The summed E-state index contributed by atoms with van der Waals surface area (Å²) in [5.74, 6) is 0.0287. The van der Waals surface area contributed by atoms with Crippen molar-refractivity contribution in [3.63, 3.8) is 0 Å². The van der Waals surface area contributed by atoms with Gasteiger partial charge in [-0.1, -0.05) is 0 Å². The Kier molecular flexibility index (Phi) is 7.41. The molecule has 1 atom stereocenters. The summed E-state index contributed by atoms with van der Waals surface area (Å²) in [6, 6.07) is -0.708. The van der Waals surface area contributed by atoms with Crippen LogP contribution in [-0.2, 0) is 9.53 Å². The van der Waals surface area contributed by atoms with E-state index in [-0.39, 0.29) is 30.8 Å². The predicted octanol–water partition coefficient (Wildman–Crippen LogP) is 2.35. The number of halogens is 4. The van der Waals surface area contributed by atoms with E-state index in [9.17, 15) is 18.0 Å². The molecule has 0 radical (unpaired) electrons. The van der Waals surface area contributed by atoms with Crippen LogP contribution < -0.4 is 5.73 Å². The van der Waals surface area contributed by atoms with Crippen LogP contribution in [0.4, 0.5) is 13.2 Å². The average Bonchev–Trinajstić information content (AvgIpc) is 3.26. The van der Waals surface area contributed by atoms with E-state index < -0.39 is 18.6 Å². The normalized spacial score (nSPS) is 21.1. The van der Waals surface area contributed by atoms with Crippen molar-refractivity contribution >= 4 is 18.3 Å². The van der Waals surface area contributed by atoms with Gasteiger partial charge >= 0.3 is 6.18 Å². The van der Waals surface area contributed by atoms with Gasteiger partial charge in [0.2, 0.25) is 5.91 Å². The monoisotopic (exact) mass is 344 g/mol. The molecule has 0 spiro atoms. The lowest BCUT2D eigenvalue weighted by Crippen LogP contribution is -2.50. The molecule has 1 saturated heterocycles. The van der Waals surface area contributed by atoms with Crippen LogP contribution in [0.1, 0.15) is 32.1 Å².